The molecule has 1 aliphatic rings. The highest BCUT2D eigenvalue weighted by Gasteiger charge is 2.32. The average Bonchev–Trinajstić information content (AvgIpc) is 2.42. The van der Waals surface area contributed by atoms with E-state index in [2.05, 4.69) is 5.32 Å². The zero-order valence-corrected chi connectivity index (χ0v) is 11.6. The van der Waals surface area contributed by atoms with Crippen LogP contribution in [0.2, 0.25) is 5.02 Å². The fourth-order valence-corrected chi connectivity index (χ4v) is 2.09. The molecule has 3 amide bonds. The predicted molar refractivity (Wildman–Crippen MR) is 74.1 cm³/mol. The van der Waals surface area contributed by atoms with Crippen LogP contribution < -0.4 is 11.1 Å². The summed E-state index contributed by atoms with van der Waals surface area (Å²) in [5.41, 5.74) is 6.24. The number of halogens is 1. The summed E-state index contributed by atoms with van der Waals surface area (Å²) in [5, 5.41) is 2.96. The van der Waals surface area contributed by atoms with Gasteiger partial charge in [0.2, 0.25) is 5.91 Å². The zero-order chi connectivity index (χ0) is 14.9. The summed E-state index contributed by atoms with van der Waals surface area (Å²) in [4.78, 5) is 36.3. The number of carbonyl (C=O) groups is 3. The van der Waals surface area contributed by atoms with E-state index in [0.29, 0.717) is 22.7 Å². The monoisotopic (exact) mass is 295 g/mol. The van der Waals surface area contributed by atoms with Gasteiger partial charge in [-0.2, -0.15) is 0 Å². The van der Waals surface area contributed by atoms with Gasteiger partial charge < -0.3 is 11.1 Å². The maximum atomic E-state index is 12.0. The number of hydrogen-bond donors (Lipinski definition) is 2. The summed E-state index contributed by atoms with van der Waals surface area (Å²) in [6.07, 6.45) is 0.534. The van der Waals surface area contributed by atoms with E-state index in [1.54, 1.807) is 0 Å². The Balaban J connectivity index is 2.09. The van der Waals surface area contributed by atoms with E-state index in [4.69, 9.17) is 17.3 Å². The maximum Gasteiger partial charge on any atom is 0.252 e. The summed E-state index contributed by atoms with van der Waals surface area (Å²) in [5.74, 6) is -1.07. The minimum absolute atomic E-state index is 0.232. The summed E-state index contributed by atoms with van der Waals surface area (Å²) < 4.78 is 0. The Morgan fingerprint density at radius 2 is 2.15 bits per heavy atom. The average molecular weight is 296 g/mol. The Hall–Kier alpha value is -2.08. The molecule has 1 aromatic rings. The number of piperidine rings is 1. The molecule has 20 heavy (non-hydrogen) atoms. The molecule has 2 rings (SSSR count). The molecular weight excluding hydrogens is 282 g/mol. The lowest BCUT2D eigenvalue weighted by molar-refractivity contribution is -0.147. The van der Waals surface area contributed by atoms with Crippen LogP contribution >= 0.6 is 11.6 Å². The second-order valence-electron chi connectivity index (χ2n) is 4.59. The Morgan fingerprint density at radius 1 is 1.45 bits per heavy atom. The standard InChI is InChI=1S/C13H14ClN3O3/c1-17-11(18)5-4-10(13(17)20)16-12(19)7-2-3-8(14)9(15)6-7/h2-3,6,10H,4-5,15H2,1H3,(H,16,19). The van der Waals surface area contributed by atoms with Crippen LogP contribution in [0.1, 0.15) is 23.2 Å². The molecule has 0 saturated carbocycles. The molecule has 1 fully saturated rings. The van der Waals surface area contributed by atoms with E-state index in [0.717, 1.165) is 4.90 Å². The van der Waals surface area contributed by atoms with Gasteiger partial charge in [0.15, 0.2) is 0 Å². The number of nitrogens with zero attached hydrogens (tertiary/aromatic N) is 1. The van der Waals surface area contributed by atoms with Crippen molar-refractivity contribution < 1.29 is 14.4 Å². The van der Waals surface area contributed by atoms with Crippen molar-refractivity contribution in [2.24, 2.45) is 0 Å². The summed E-state index contributed by atoms with van der Waals surface area (Å²) >= 11 is 5.78. The van der Waals surface area contributed by atoms with Crippen LogP contribution in [0.3, 0.4) is 0 Å². The van der Waals surface area contributed by atoms with Crippen molar-refractivity contribution in [1.29, 1.82) is 0 Å². The molecule has 0 bridgehead atoms. The van der Waals surface area contributed by atoms with Gasteiger partial charge in [-0.25, -0.2) is 0 Å². The van der Waals surface area contributed by atoms with Crippen LogP contribution in [-0.4, -0.2) is 35.7 Å². The number of nitrogens with one attached hydrogen (secondary N) is 1. The van der Waals surface area contributed by atoms with Gasteiger partial charge in [0.05, 0.1) is 10.7 Å². The molecule has 1 atom stereocenters. The predicted octanol–water partition coefficient (Wildman–Crippen LogP) is 0.799. The topological polar surface area (TPSA) is 92.5 Å². The van der Waals surface area contributed by atoms with Crippen molar-refractivity contribution in [2.75, 3.05) is 12.8 Å². The molecule has 0 aliphatic carbocycles. The van der Waals surface area contributed by atoms with Crippen molar-refractivity contribution in [3.8, 4) is 0 Å². The number of benzene rings is 1. The van der Waals surface area contributed by atoms with Crippen LogP contribution in [0.15, 0.2) is 18.2 Å². The summed E-state index contributed by atoms with van der Waals surface area (Å²) in [7, 11) is 1.41. The number of nitrogens with two attached hydrogens (primary N) is 1. The second kappa shape index (κ2) is 5.50. The molecule has 7 heteroatoms. The first kappa shape index (κ1) is 14.3. The molecule has 6 nitrogen and oxygen atoms in total. The van der Waals surface area contributed by atoms with Gasteiger partial charge in [-0.05, 0) is 24.6 Å². The van der Waals surface area contributed by atoms with Crippen molar-refractivity contribution in [1.82, 2.24) is 10.2 Å². The summed E-state index contributed by atoms with van der Waals surface area (Å²) in [6, 6.07) is 3.79. The van der Waals surface area contributed by atoms with Crippen molar-refractivity contribution in [3.05, 3.63) is 28.8 Å². The number of rotatable bonds is 2. The Labute approximate surface area is 120 Å². The third-order valence-electron chi connectivity index (χ3n) is 3.21. The maximum absolute atomic E-state index is 12.0. The highest BCUT2D eigenvalue weighted by atomic mass is 35.5. The van der Waals surface area contributed by atoms with E-state index in [1.807, 2.05) is 0 Å². The van der Waals surface area contributed by atoms with E-state index < -0.39 is 17.9 Å². The first-order valence-corrected chi connectivity index (χ1v) is 6.44. The number of hydrogen-bond acceptors (Lipinski definition) is 4. The van der Waals surface area contributed by atoms with Gasteiger partial charge in [0.1, 0.15) is 6.04 Å². The lowest BCUT2D eigenvalue weighted by Crippen LogP contribution is -2.52. The van der Waals surface area contributed by atoms with Crippen LogP contribution in [0, 0.1) is 0 Å². The van der Waals surface area contributed by atoms with Gasteiger partial charge in [-0.1, -0.05) is 11.6 Å². The lowest BCUT2D eigenvalue weighted by Gasteiger charge is -2.28. The Morgan fingerprint density at radius 3 is 2.80 bits per heavy atom. The number of likely N-dealkylation sites (N-methyl/N-ethyl adjacent to an activating group) is 1. The molecule has 1 aromatic carbocycles. The molecule has 1 unspecified atom stereocenters. The smallest absolute Gasteiger partial charge is 0.252 e. The molecule has 106 valence electrons. The largest absolute Gasteiger partial charge is 0.398 e. The van der Waals surface area contributed by atoms with Crippen molar-refractivity contribution in [2.45, 2.75) is 18.9 Å². The molecule has 1 heterocycles. The molecule has 3 N–H and O–H groups in total. The SMILES string of the molecule is CN1C(=O)CCC(NC(=O)c2ccc(Cl)c(N)c2)C1=O. The van der Waals surface area contributed by atoms with Crippen molar-refractivity contribution >= 4 is 35.0 Å². The Kier molecular flexibility index (Phi) is 3.94. The van der Waals surface area contributed by atoms with Gasteiger partial charge in [0, 0.05) is 19.0 Å². The minimum atomic E-state index is -0.692. The summed E-state index contributed by atoms with van der Waals surface area (Å²) in [6.45, 7) is 0. The highest BCUT2D eigenvalue weighted by molar-refractivity contribution is 6.33. The molecule has 0 radical (unpaired) electrons. The first-order chi connectivity index (χ1) is 9.40. The van der Waals surface area contributed by atoms with Crippen LogP contribution in [0.5, 0.6) is 0 Å². The molecule has 1 saturated heterocycles. The number of amides is 3. The number of imide groups is 1. The van der Waals surface area contributed by atoms with Crippen LogP contribution in [-0.2, 0) is 9.59 Å². The second-order valence-corrected chi connectivity index (χ2v) is 5.00. The third kappa shape index (κ3) is 2.75. The lowest BCUT2D eigenvalue weighted by atomic mass is 10.0. The van der Waals surface area contributed by atoms with Gasteiger partial charge in [-0.3, -0.25) is 19.3 Å². The van der Waals surface area contributed by atoms with E-state index >= 15 is 0 Å². The fourth-order valence-electron chi connectivity index (χ4n) is 1.98. The molecular formula is C13H14ClN3O3. The molecule has 0 spiro atoms. The first-order valence-electron chi connectivity index (χ1n) is 6.06. The van der Waals surface area contributed by atoms with E-state index in [1.165, 1.54) is 25.2 Å². The zero-order valence-electron chi connectivity index (χ0n) is 10.9. The van der Waals surface area contributed by atoms with Gasteiger partial charge in [-0.15, -0.1) is 0 Å². The number of anilines is 1. The van der Waals surface area contributed by atoms with E-state index in [-0.39, 0.29) is 12.3 Å². The third-order valence-corrected chi connectivity index (χ3v) is 3.56. The fraction of sp³-hybridized carbons (Fsp3) is 0.308. The van der Waals surface area contributed by atoms with Gasteiger partial charge >= 0.3 is 0 Å². The van der Waals surface area contributed by atoms with Crippen LogP contribution in [0.4, 0.5) is 5.69 Å². The van der Waals surface area contributed by atoms with Crippen molar-refractivity contribution in [3.63, 3.8) is 0 Å². The molecule has 1 aliphatic heterocycles. The minimum Gasteiger partial charge on any atom is -0.398 e. The van der Waals surface area contributed by atoms with Crippen LogP contribution in [0.25, 0.3) is 0 Å². The molecule has 0 aromatic heterocycles. The number of carbonyl (C=O) groups excluding carboxylic acids is 3. The quantitative estimate of drug-likeness (QED) is 0.623. The normalized spacial score (nSPS) is 19.1. The highest BCUT2D eigenvalue weighted by Crippen LogP contribution is 2.20. The Bertz CT molecular complexity index is 588. The number of likely N-dealkylation sites (tertiary alicyclic amines) is 1. The van der Waals surface area contributed by atoms with Gasteiger partial charge in [0.25, 0.3) is 11.8 Å². The van der Waals surface area contributed by atoms with E-state index in [9.17, 15) is 14.4 Å². The number of nitrogen functional groups attached to an aromatic ring is 1.